The summed E-state index contributed by atoms with van der Waals surface area (Å²) in [5, 5.41) is 9.11. The second-order valence-corrected chi connectivity index (χ2v) is 6.00. The quantitative estimate of drug-likeness (QED) is 0.684. The molecular weight excluding hydrogens is 268 g/mol. The average molecular weight is 300 g/mol. The minimum Gasteiger partial charge on any atom is -0.396 e. The second kappa shape index (κ2) is 10.2. The lowest BCUT2D eigenvalue weighted by Crippen LogP contribution is -2.02. The molecule has 0 aromatic rings. The van der Waals surface area contributed by atoms with E-state index in [9.17, 15) is 0 Å². The predicted molar refractivity (Wildman–Crippen MR) is 98.5 cm³/mol. The van der Waals surface area contributed by atoms with E-state index in [1.54, 1.807) is 0 Å². The smallest absolute Gasteiger partial charge is 0.0493 e. The molecule has 1 fully saturated rings. The van der Waals surface area contributed by atoms with E-state index in [-0.39, 0.29) is 12.5 Å². The Hall–Kier alpha value is -1.52. The third kappa shape index (κ3) is 6.08. The Morgan fingerprint density at radius 3 is 2.45 bits per heavy atom. The van der Waals surface area contributed by atoms with E-state index < -0.39 is 0 Å². The topological polar surface area (TPSA) is 20.2 Å². The maximum absolute atomic E-state index is 9.11. The van der Waals surface area contributed by atoms with Gasteiger partial charge in [-0.2, -0.15) is 0 Å². The molecule has 0 saturated heterocycles. The van der Waals surface area contributed by atoms with Gasteiger partial charge in [0, 0.05) is 12.5 Å². The van der Waals surface area contributed by atoms with Crippen LogP contribution in [0.2, 0.25) is 0 Å². The molecule has 0 bridgehead atoms. The largest absolute Gasteiger partial charge is 0.396 e. The van der Waals surface area contributed by atoms with E-state index in [0.29, 0.717) is 5.41 Å². The van der Waals surface area contributed by atoms with Crippen LogP contribution in [0.3, 0.4) is 0 Å². The molecule has 0 aliphatic heterocycles. The van der Waals surface area contributed by atoms with Gasteiger partial charge in [0.1, 0.15) is 0 Å². The van der Waals surface area contributed by atoms with Gasteiger partial charge < -0.3 is 5.11 Å². The first-order chi connectivity index (χ1) is 10.5. The third-order valence-corrected chi connectivity index (χ3v) is 4.30. The molecule has 1 heteroatoms. The van der Waals surface area contributed by atoms with Crippen LogP contribution in [0.4, 0.5) is 0 Å². The minimum absolute atomic E-state index is 0.227. The zero-order valence-corrected chi connectivity index (χ0v) is 14.9. The molecule has 1 unspecified atom stereocenters. The van der Waals surface area contributed by atoms with Crippen LogP contribution in [0.1, 0.15) is 53.9 Å². The molecule has 1 saturated carbocycles. The van der Waals surface area contributed by atoms with Gasteiger partial charge in [-0.15, -0.1) is 12.8 Å². The average Bonchev–Trinajstić information content (AvgIpc) is 3.35. The van der Waals surface area contributed by atoms with Gasteiger partial charge in [0.2, 0.25) is 0 Å². The Bertz CT molecular complexity index is 467. The first-order valence-corrected chi connectivity index (χ1v) is 8.25. The van der Waals surface area contributed by atoms with Crippen molar-refractivity contribution in [3.05, 3.63) is 47.1 Å². The highest BCUT2D eigenvalue weighted by atomic mass is 16.3. The van der Waals surface area contributed by atoms with Gasteiger partial charge in [-0.25, -0.2) is 0 Å². The molecule has 0 aromatic carbocycles. The molecule has 0 amide bonds. The molecule has 122 valence electrons. The molecule has 2 aliphatic rings. The highest BCUT2D eigenvalue weighted by molar-refractivity contribution is 5.43. The van der Waals surface area contributed by atoms with Crippen molar-refractivity contribution in [1.29, 1.82) is 0 Å². The van der Waals surface area contributed by atoms with Crippen LogP contribution < -0.4 is 0 Å². The van der Waals surface area contributed by atoms with Crippen LogP contribution in [0.25, 0.3) is 0 Å². The van der Waals surface area contributed by atoms with Crippen molar-refractivity contribution < 1.29 is 5.11 Å². The van der Waals surface area contributed by atoms with Gasteiger partial charge in [0.05, 0.1) is 0 Å². The standard InChI is InChI=1S/C17H24O.C2H6.C2H2/c1-13(14(2)12-18)7-8-15-5-4-6-16(11-15)17(3)9-10-17;2*1-2/h4,6-8,11,14,18H,5,9-10,12H2,1-3H3;1-2H3;1-2H/b13-7+,15-8+;;. The SMILES string of the molecule is C#C.C/C(=C\C=C1\C=C(C2(C)CC2)C=CC1)C(C)CO.CC. The van der Waals surface area contributed by atoms with Crippen molar-refractivity contribution in [2.24, 2.45) is 11.3 Å². The Balaban J connectivity index is 0.00000102. The molecule has 1 N–H and O–H groups in total. The molecule has 1 atom stereocenters. The monoisotopic (exact) mass is 300 g/mol. The summed E-state index contributed by atoms with van der Waals surface area (Å²) >= 11 is 0. The Morgan fingerprint density at radius 1 is 1.36 bits per heavy atom. The van der Waals surface area contributed by atoms with E-state index in [4.69, 9.17) is 5.11 Å². The summed E-state index contributed by atoms with van der Waals surface area (Å²) < 4.78 is 0. The molecular formula is C21H32O. The summed E-state index contributed by atoms with van der Waals surface area (Å²) in [4.78, 5) is 0. The number of aliphatic hydroxyl groups is 1. The fourth-order valence-corrected chi connectivity index (χ4v) is 2.14. The summed E-state index contributed by atoms with van der Waals surface area (Å²) in [7, 11) is 0. The van der Waals surface area contributed by atoms with E-state index >= 15 is 0 Å². The van der Waals surface area contributed by atoms with E-state index in [0.717, 1.165) is 6.42 Å². The zero-order valence-electron chi connectivity index (χ0n) is 14.9. The number of hydrogen-bond donors (Lipinski definition) is 1. The molecule has 1 nitrogen and oxygen atoms in total. The Morgan fingerprint density at radius 2 is 1.95 bits per heavy atom. The van der Waals surface area contributed by atoms with Crippen molar-refractivity contribution in [2.45, 2.75) is 53.9 Å². The molecule has 22 heavy (non-hydrogen) atoms. The predicted octanol–water partition coefficient (Wildman–Crippen LogP) is 5.45. The highest BCUT2D eigenvalue weighted by Gasteiger charge is 2.40. The number of rotatable bonds is 4. The van der Waals surface area contributed by atoms with Gasteiger partial charge in [0.15, 0.2) is 0 Å². The Labute approximate surface area is 137 Å². The van der Waals surface area contributed by atoms with Crippen molar-refractivity contribution >= 4 is 0 Å². The van der Waals surface area contributed by atoms with Gasteiger partial charge in [-0.05, 0) is 42.7 Å². The van der Waals surface area contributed by atoms with Gasteiger partial charge in [0.25, 0.3) is 0 Å². The van der Waals surface area contributed by atoms with E-state index in [1.807, 2.05) is 13.8 Å². The third-order valence-electron chi connectivity index (χ3n) is 4.30. The van der Waals surface area contributed by atoms with E-state index in [2.05, 4.69) is 64.0 Å². The van der Waals surface area contributed by atoms with Crippen LogP contribution in [0, 0.1) is 24.2 Å². The first-order valence-electron chi connectivity index (χ1n) is 8.25. The maximum atomic E-state index is 9.11. The van der Waals surface area contributed by atoms with Gasteiger partial charge >= 0.3 is 0 Å². The molecule has 0 radical (unpaired) electrons. The molecule has 2 rings (SSSR count). The first kappa shape index (κ1) is 20.5. The van der Waals surface area contributed by atoms with Crippen molar-refractivity contribution in [3.8, 4) is 12.8 Å². The van der Waals surface area contributed by atoms with Crippen LogP contribution in [-0.4, -0.2) is 11.7 Å². The fraction of sp³-hybridized carbons (Fsp3) is 0.524. The normalized spacial score (nSPS) is 21.7. The summed E-state index contributed by atoms with van der Waals surface area (Å²) in [6.07, 6.45) is 22.9. The second-order valence-electron chi connectivity index (χ2n) is 6.00. The number of hydrogen-bond acceptors (Lipinski definition) is 1. The summed E-state index contributed by atoms with van der Waals surface area (Å²) in [6.45, 7) is 10.7. The van der Waals surface area contributed by atoms with Crippen LogP contribution in [-0.2, 0) is 0 Å². The highest BCUT2D eigenvalue weighted by Crippen LogP contribution is 2.52. The number of allylic oxidation sites excluding steroid dienone is 7. The molecule has 0 heterocycles. The fourth-order valence-electron chi connectivity index (χ4n) is 2.14. The van der Waals surface area contributed by atoms with Crippen LogP contribution >= 0.6 is 0 Å². The van der Waals surface area contributed by atoms with E-state index in [1.165, 1.54) is 29.6 Å². The number of aliphatic hydroxyl groups excluding tert-OH is 1. The van der Waals surface area contributed by atoms with Crippen LogP contribution in [0.15, 0.2) is 47.1 Å². The van der Waals surface area contributed by atoms with Crippen molar-refractivity contribution in [1.82, 2.24) is 0 Å². The number of terminal acetylenes is 1. The van der Waals surface area contributed by atoms with Gasteiger partial charge in [-0.3, -0.25) is 0 Å². The summed E-state index contributed by atoms with van der Waals surface area (Å²) in [6, 6.07) is 0. The summed E-state index contributed by atoms with van der Waals surface area (Å²) in [5.74, 6) is 0.255. The molecule has 2 aliphatic carbocycles. The minimum atomic E-state index is 0.227. The van der Waals surface area contributed by atoms with Crippen molar-refractivity contribution in [2.75, 3.05) is 6.61 Å². The lowest BCUT2D eigenvalue weighted by molar-refractivity contribution is 0.256. The maximum Gasteiger partial charge on any atom is 0.0493 e. The molecule has 0 spiro atoms. The van der Waals surface area contributed by atoms with Crippen LogP contribution in [0.5, 0.6) is 0 Å². The van der Waals surface area contributed by atoms with Gasteiger partial charge in [-0.1, -0.05) is 63.6 Å². The summed E-state index contributed by atoms with van der Waals surface area (Å²) in [5.41, 5.74) is 4.56. The Kier molecular flexibility index (Phi) is 9.54. The van der Waals surface area contributed by atoms with Crippen molar-refractivity contribution in [3.63, 3.8) is 0 Å². The molecule has 0 aromatic heterocycles. The lowest BCUT2D eigenvalue weighted by atomic mass is 9.90. The zero-order chi connectivity index (χ0) is 17.2. The lowest BCUT2D eigenvalue weighted by Gasteiger charge is -2.15.